The smallest absolute Gasteiger partial charge is 0.313 e. The van der Waals surface area contributed by atoms with E-state index in [1.165, 1.54) is 0 Å². The van der Waals surface area contributed by atoms with Crippen LogP contribution in [0.15, 0.2) is 18.2 Å². The molecule has 20 heavy (non-hydrogen) atoms. The molecule has 0 radical (unpaired) electrons. The third-order valence-electron chi connectivity index (χ3n) is 2.36. The van der Waals surface area contributed by atoms with E-state index in [-0.39, 0.29) is 6.54 Å². The molecule has 0 saturated carbocycles. The first-order valence-electron chi connectivity index (χ1n) is 6.17. The van der Waals surface area contributed by atoms with E-state index < -0.39 is 29.1 Å². The number of anilines is 1. The van der Waals surface area contributed by atoms with Crippen molar-refractivity contribution in [3.63, 3.8) is 0 Å². The second-order valence-corrected chi connectivity index (χ2v) is 3.86. The van der Waals surface area contributed by atoms with E-state index in [0.717, 1.165) is 18.2 Å². The highest BCUT2D eigenvalue weighted by atomic mass is 19.1. The van der Waals surface area contributed by atoms with Gasteiger partial charge in [-0.25, -0.2) is 8.78 Å². The highest BCUT2D eigenvalue weighted by Gasteiger charge is 2.17. The predicted molar refractivity (Wildman–Crippen MR) is 69.1 cm³/mol. The van der Waals surface area contributed by atoms with Gasteiger partial charge in [-0.05, 0) is 25.5 Å². The molecule has 2 amide bonds. The molecule has 0 unspecified atom stereocenters. The first-order chi connectivity index (χ1) is 9.56. The Morgan fingerprint density at radius 1 is 1.20 bits per heavy atom. The molecule has 7 heteroatoms. The van der Waals surface area contributed by atoms with Crippen molar-refractivity contribution in [2.45, 2.75) is 13.3 Å². The molecule has 0 aromatic heterocycles. The molecule has 0 atom stereocenters. The average molecular weight is 286 g/mol. The van der Waals surface area contributed by atoms with Crippen LogP contribution in [-0.2, 0) is 14.3 Å². The van der Waals surface area contributed by atoms with Crippen LogP contribution in [0.4, 0.5) is 14.5 Å². The van der Waals surface area contributed by atoms with E-state index in [2.05, 4.69) is 5.32 Å². The molecule has 1 aromatic rings. The Bertz CT molecular complexity index is 460. The molecule has 0 heterocycles. The third kappa shape index (κ3) is 4.93. The molecule has 0 aliphatic carbocycles. The summed E-state index contributed by atoms with van der Waals surface area (Å²) in [5, 5.41) is 4.22. The average Bonchev–Trinajstić information content (AvgIpc) is 2.42. The van der Waals surface area contributed by atoms with Gasteiger partial charge in [0.15, 0.2) is 0 Å². The van der Waals surface area contributed by atoms with Gasteiger partial charge >= 0.3 is 11.8 Å². The highest BCUT2D eigenvalue weighted by molar-refractivity contribution is 6.39. The second kappa shape index (κ2) is 8.21. The maximum absolute atomic E-state index is 13.3. The summed E-state index contributed by atoms with van der Waals surface area (Å²) in [5.41, 5.74) is -0.637. The number of ether oxygens (including phenoxy) is 1. The predicted octanol–water partition coefficient (Wildman–Crippen LogP) is 1.45. The Morgan fingerprint density at radius 3 is 2.45 bits per heavy atom. The van der Waals surface area contributed by atoms with Crippen LogP contribution in [-0.4, -0.2) is 31.6 Å². The van der Waals surface area contributed by atoms with Crippen LogP contribution in [0, 0.1) is 11.6 Å². The summed E-state index contributed by atoms with van der Waals surface area (Å²) in [4.78, 5) is 22.8. The van der Waals surface area contributed by atoms with Crippen LogP contribution in [0.2, 0.25) is 0 Å². The molecule has 1 rings (SSSR count). The van der Waals surface area contributed by atoms with Crippen molar-refractivity contribution < 1.29 is 23.1 Å². The summed E-state index contributed by atoms with van der Waals surface area (Å²) in [6.45, 7) is 3.11. The molecule has 0 spiro atoms. The zero-order chi connectivity index (χ0) is 15.0. The molecule has 0 bridgehead atoms. The summed E-state index contributed by atoms with van der Waals surface area (Å²) in [5.74, 6) is -3.96. The van der Waals surface area contributed by atoms with Crippen LogP contribution in [0.5, 0.6) is 0 Å². The van der Waals surface area contributed by atoms with E-state index >= 15 is 0 Å². The van der Waals surface area contributed by atoms with Gasteiger partial charge in [-0.3, -0.25) is 9.59 Å². The number of carbonyl (C=O) groups excluding carboxylic acids is 2. The van der Waals surface area contributed by atoms with Crippen molar-refractivity contribution in [3.8, 4) is 0 Å². The molecule has 5 nitrogen and oxygen atoms in total. The summed E-state index contributed by atoms with van der Waals surface area (Å²) in [7, 11) is 0. The van der Waals surface area contributed by atoms with Crippen molar-refractivity contribution in [3.05, 3.63) is 29.8 Å². The topological polar surface area (TPSA) is 67.4 Å². The largest absolute Gasteiger partial charge is 0.382 e. The van der Waals surface area contributed by atoms with Crippen LogP contribution in [0.25, 0.3) is 0 Å². The van der Waals surface area contributed by atoms with Gasteiger partial charge in [0.1, 0.15) is 17.3 Å². The summed E-state index contributed by atoms with van der Waals surface area (Å²) >= 11 is 0. The van der Waals surface area contributed by atoms with Crippen molar-refractivity contribution in [2.75, 3.05) is 25.1 Å². The van der Waals surface area contributed by atoms with Gasteiger partial charge in [0.25, 0.3) is 0 Å². The normalized spacial score (nSPS) is 10.2. The molecule has 0 saturated heterocycles. The fourth-order valence-electron chi connectivity index (χ4n) is 1.39. The van der Waals surface area contributed by atoms with Gasteiger partial charge in [0.2, 0.25) is 0 Å². The van der Waals surface area contributed by atoms with E-state index in [0.29, 0.717) is 19.6 Å². The third-order valence-corrected chi connectivity index (χ3v) is 2.36. The number of rotatable bonds is 6. The van der Waals surface area contributed by atoms with Gasteiger partial charge in [0, 0.05) is 19.8 Å². The Morgan fingerprint density at radius 2 is 1.85 bits per heavy atom. The van der Waals surface area contributed by atoms with Crippen LogP contribution >= 0.6 is 0 Å². The van der Waals surface area contributed by atoms with Crippen molar-refractivity contribution in [1.82, 2.24) is 5.32 Å². The Hall–Kier alpha value is -2.02. The maximum Gasteiger partial charge on any atom is 0.313 e. The Balaban J connectivity index is 2.44. The Labute approximate surface area is 115 Å². The zero-order valence-electron chi connectivity index (χ0n) is 11.0. The minimum absolute atomic E-state index is 0.242. The van der Waals surface area contributed by atoms with E-state index in [1.807, 2.05) is 12.2 Å². The molecule has 110 valence electrons. The maximum atomic E-state index is 13.3. The number of para-hydroxylation sites is 1. The number of carbonyl (C=O) groups is 2. The van der Waals surface area contributed by atoms with Gasteiger partial charge < -0.3 is 15.4 Å². The molecule has 1 aromatic carbocycles. The molecule has 0 fully saturated rings. The van der Waals surface area contributed by atoms with E-state index in [4.69, 9.17) is 4.74 Å². The first-order valence-corrected chi connectivity index (χ1v) is 6.17. The van der Waals surface area contributed by atoms with Crippen LogP contribution < -0.4 is 10.6 Å². The molecular weight excluding hydrogens is 270 g/mol. The van der Waals surface area contributed by atoms with Crippen molar-refractivity contribution >= 4 is 17.5 Å². The fourth-order valence-corrected chi connectivity index (χ4v) is 1.39. The number of hydrogen-bond donors (Lipinski definition) is 2. The number of nitrogens with one attached hydrogen (secondary N) is 2. The number of amides is 2. The van der Waals surface area contributed by atoms with Crippen molar-refractivity contribution in [2.24, 2.45) is 0 Å². The fraction of sp³-hybridized carbons (Fsp3) is 0.385. The minimum Gasteiger partial charge on any atom is -0.382 e. The van der Waals surface area contributed by atoms with Gasteiger partial charge in [-0.1, -0.05) is 6.07 Å². The SMILES string of the molecule is CCOCCCNC(=O)C(=O)Nc1c(F)cccc1F. The molecule has 0 aliphatic heterocycles. The minimum atomic E-state index is -1.12. The zero-order valence-corrected chi connectivity index (χ0v) is 11.0. The lowest BCUT2D eigenvalue weighted by molar-refractivity contribution is -0.136. The summed E-state index contributed by atoms with van der Waals surface area (Å²) < 4.78 is 31.6. The monoisotopic (exact) mass is 286 g/mol. The number of hydrogen-bond acceptors (Lipinski definition) is 3. The van der Waals surface area contributed by atoms with Gasteiger partial charge in [0.05, 0.1) is 0 Å². The lowest BCUT2D eigenvalue weighted by Crippen LogP contribution is -2.36. The molecule has 2 N–H and O–H groups in total. The highest BCUT2D eigenvalue weighted by Crippen LogP contribution is 2.17. The van der Waals surface area contributed by atoms with Crippen LogP contribution in [0.3, 0.4) is 0 Å². The number of halogens is 2. The lowest BCUT2D eigenvalue weighted by Gasteiger charge is -2.08. The molecule has 0 aliphatic rings. The molecular formula is C13H16F2N2O3. The second-order valence-electron chi connectivity index (χ2n) is 3.86. The summed E-state index contributed by atoms with van der Waals surface area (Å²) in [6.07, 6.45) is 0.543. The number of benzene rings is 1. The quantitative estimate of drug-likeness (QED) is 0.614. The van der Waals surface area contributed by atoms with Gasteiger partial charge in [-0.15, -0.1) is 0 Å². The van der Waals surface area contributed by atoms with E-state index in [1.54, 1.807) is 0 Å². The van der Waals surface area contributed by atoms with Gasteiger partial charge in [-0.2, -0.15) is 0 Å². The first kappa shape index (κ1) is 16.0. The summed E-state index contributed by atoms with van der Waals surface area (Å²) in [6, 6.07) is 3.13. The van der Waals surface area contributed by atoms with Crippen molar-refractivity contribution in [1.29, 1.82) is 0 Å². The van der Waals surface area contributed by atoms with Crippen LogP contribution in [0.1, 0.15) is 13.3 Å². The standard InChI is InChI=1S/C13H16F2N2O3/c1-2-20-8-4-7-16-12(18)13(19)17-11-9(14)5-3-6-10(11)15/h3,5-6H,2,4,7-8H2,1H3,(H,16,18)(H,17,19). The van der Waals surface area contributed by atoms with E-state index in [9.17, 15) is 18.4 Å². The Kier molecular flexibility index (Phi) is 6.58. The lowest BCUT2D eigenvalue weighted by atomic mass is 10.3.